The smallest absolute Gasteiger partial charge is 0.225 e. The van der Waals surface area contributed by atoms with Crippen LogP contribution in [0.2, 0.25) is 0 Å². The standard InChI is InChI=1S/C15H19N3OS/c1-18-13-7-3-2-6-12(13)17-14(18)10-16-15(19)9-11-5-4-8-20-11/h4-5,8H,2-3,6-7,9-10H2,1H3,(H,16,19). The minimum Gasteiger partial charge on any atom is -0.349 e. The minimum absolute atomic E-state index is 0.0634. The molecule has 0 radical (unpaired) electrons. The van der Waals surface area contributed by atoms with Gasteiger partial charge >= 0.3 is 0 Å². The van der Waals surface area contributed by atoms with Gasteiger partial charge in [-0.2, -0.15) is 0 Å². The largest absolute Gasteiger partial charge is 0.349 e. The Morgan fingerprint density at radius 3 is 3.05 bits per heavy atom. The third kappa shape index (κ3) is 2.77. The Morgan fingerprint density at radius 2 is 2.30 bits per heavy atom. The van der Waals surface area contributed by atoms with E-state index < -0.39 is 0 Å². The number of nitrogens with one attached hydrogen (secondary N) is 1. The molecule has 1 N–H and O–H groups in total. The lowest BCUT2D eigenvalue weighted by atomic mass is 10.0. The van der Waals surface area contributed by atoms with Crippen LogP contribution < -0.4 is 5.32 Å². The van der Waals surface area contributed by atoms with Gasteiger partial charge in [-0.05, 0) is 37.1 Å². The zero-order valence-electron chi connectivity index (χ0n) is 11.7. The SMILES string of the molecule is Cn1c(CNC(=O)Cc2cccs2)nc2c1CCCC2. The number of nitrogens with zero attached hydrogens (tertiary/aromatic N) is 2. The second-order valence-corrected chi connectivity index (χ2v) is 6.25. The van der Waals surface area contributed by atoms with Crippen molar-refractivity contribution in [3.05, 3.63) is 39.6 Å². The summed E-state index contributed by atoms with van der Waals surface area (Å²) in [5, 5.41) is 4.97. The second-order valence-electron chi connectivity index (χ2n) is 5.22. The summed E-state index contributed by atoms with van der Waals surface area (Å²) in [5.74, 6) is 1.03. The van der Waals surface area contributed by atoms with E-state index >= 15 is 0 Å². The molecule has 0 aromatic carbocycles. The van der Waals surface area contributed by atoms with E-state index in [1.54, 1.807) is 11.3 Å². The van der Waals surface area contributed by atoms with Crippen molar-refractivity contribution in [2.24, 2.45) is 7.05 Å². The molecule has 2 heterocycles. The van der Waals surface area contributed by atoms with Crippen molar-refractivity contribution < 1.29 is 4.79 Å². The number of hydrogen-bond acceptors (Lipinski definition) is 3. The molecule has 0 bridgehead atoms. The molecule has 0 fully saturated rings. The molecule has 0 aliphatic heterocycles. The Balaban J connectivity index is 1.61. The van der Waals surface area contributed by atoms with Crippen molar-refractivity contribution in [1.29, 1.82) is 0 Å². The Hall–Kier alpha value is -1.62. The zero-order chi connectivity index (χ0) is 13.9. The van der Waals surface area contributed by atoms with Crippen molar-refractivity contribution in [2.45, 2.75) is 38.6 Å². The Morgan fingerprint density at radius 1 is 1.45 bits per heavy atom. The molecule has 2 aromatic rings. The van der Waals surface area contributed by atoms with Gasteiger partial charge in [0, 0.05) is 17.6 Å². The van der Waals surface area contributed by atoms with Crippen molar-refractivity contribution in [2.75, 3.05) is 0 Å². The monoisotopic (exact) mass is 289 g/mol. The topological polar surface area (TPSA) is 46.9 Å². The van der Waals surface area contributed by atoms with Crippen LogP contribution in [-0.2, 0) is 37.6 Å². The minimum atomic E-state index is 0.0634. The van der Waals surface area contributed by atoms with Gasteiger partial charge in [-0.25, -0.2) is 4.98 Å². The molecule has 1 aliphatic rings. The van der Waals surface area contributed by atoms with Crippen LogP contribution in [0, 0.1) is 0 Å². The predicted molar refractivity (Wildman–Crippen MR) is 79.7 cm³/mol. The van der Waals surface area contributed by atoms with Gasteiger partial charge in [-0.15, -0.1) is 11.3 Å². The maximum Gasteiger partial charge on any atom is 0.225 e. The van der Waals surface area contributed by atoms with Crippen LogP contribution >= 0.6 is 11.3 Å². The average molecular weight is 289 g/mol. The molecule has 4 nitrogen and oxygen atoms in total. The molecule has 0 saturated carbocycles. The third-order valence-electron chi connectivity index (χ3n) is 3.82. The van der Waals surface area contributed by atoms with E-state index in [-0.39, 0.29) is 5.91 Å². The lowest BCUT2D eigenvalue weighted by Gasteiger charge is -2.11. The van der Waals surface area contributed by atoms with Gasteiger partial charge in [0.2, 0.25) is 5.91 Å². The fourth-order valence-corrected chi connectivity index (χ4v) is 3.41. The van der Waals surface area contributed by atoms with Crippen molar-refractivity contribution >= 4 is 17.2 Å². The van der Waals surface area contributed by atoms with E-state index in [0.717, 1.165) is 23.5 Å². The molecule has 1 amide bonds. The lowest BCUT2D eigenvalue weighted by molar-refractivity contribution is -0.120. The van der Waals surface area contributed by atoms with Crippen LogP contribution in [0.1, 0.15) is 34.9 Å². The first-order chi connectivity index (χ1) is 9.74. The van der Waals surface area contributed by atoms with E-state index in [0.29, 0.717) is 13.0 Å². The van der Waals surface area contributed by atoms with Crippen LogP contribution in [0.15, 0.2) is 17.5 Å². The zero-order valence-corrected chi connectivity index (χ0v) is 12.5. The highest BCUT2D eigenvalue weighted by molar-refractivity contribution is 7.10. The number of aromatic nitrogens is 2. The van der Waals surface area contributed by atoms with E-state index in [9.17, 15) is 4.79 Å². The number of imidazole rings is 1. The Labute approximate surface area is 122 Å². The van der Waals surface area contributed by atoms with Gasteiger partial charge in [0.1, 0.15) is 5.82 Å². The van der Waals surface area contributed by atoms with Crippen molar-refractivity contribution in [1.82, 2.24) is 14.9 Å². The first kappa shape index (κ1) is 13.4. The Bertz CT molecular complexity index is 601. The summed E-state index contributed by atoms with van der Waals surface area (Å²) in [6, 6.07) is 3.96. The summed E-state index contributed by atoms with van der Waals surface area (Å²) < 4.78 is 2.15. The molecule has 106 valence electrons. The summed E-state index contributed by atoms with van der Waals surface area (Å²) in [6.07, 6.45) is 5.13. The third-order valence-corrected chi connectivity index (χ3v) is 4.70. The quantitative estimate of drug-likeness (QED) is 0.938. The molecule has 0 unspecified atom stereocenters. The van der Waals surface area contributed by atoms with Crippen molar-refractivity contribution in [3.8, 4) is 0 Å². The maximum absolute atomic E-state index is 11.9. The fraction of sp³-hybridized carbons (Fsp3) is 0.467. The van der Waals surface area contributed by atoms with Gasteiger partial charge in [0.25, 0.3) is 0 Å². The molecule has 3 rings (SSSR count). The first-order valence-electron chi connectivity index (χ1n) is 7.06. The Kier molecular flexibility index (Phi) is 3.87. The summed E-state index contributed by atoms with van der Waals surface area (Å²) >= 11 is 1.62. The number of hydrogen-bond donors (Lipinski definition) is 1. The number of carbonyl (C=O) groups excluding carboxylic acids is 1. The number of aryl methyl sites for hydroxylation is 1. The first-order valence-corrected chi connectivity index (χ1v) is 7.94. The van der Waals surface area contributed by atoms with Crippen LogP contribution in [0.25, 0.3) is 0 Å². The van der Waals surface area contributed by atoms with Crippen LogP contribution in [0.3, 0.4) is 0 Å². The van der Waals surface area contributed by atoms with E-state index in [2.05, 4.69) is 21.9 Å². The summed E-state index contributed by atoms with van der Waals surface area (Å²) in [5.41, 5.74) is 2.57. The molecule has 0 spiro atoms. The highest BCUT2D eigenvalue weighted by atomic mass is 32.1. The van der Waals surface area contributed by atoms with Gasteiger partial charge in [0.15, 0.2) is 0 Å². The van der Waals surface area contributed by atoms with E-state index in [4.69, 9.17) is 0 Å². The van der Waals surface area contributed by atoms with E-state index in [1.807, 2.05) is 17.5 Å². The molecule has 0 atom stereocenters. The highest BCUT2D eigenvalue weighted by Gasteiger charge is 2.17. The predicted octanol–water partition coefficient (Wildman–Crippen LogP) is 2.22. The number of amides is 1. The van der Waals surface area contributed by atoms with Gasteiger partial charge < -0.3 is 9.88 Å². The highest BCUT2D eigenvalue weighted by Crippen LogP contribution is 2.21. The van der Waals surface area contributed by atoms with Gasteiger partial charge in [0.05, 0.1) is 18.7 Å². The van der Waals surface area contributed by atoms with Gasteiger partial charge in [-0.3, -0.25) is 4.79 Å². The second kappa shape index (κ2) is 5.79. The molecule has 1 aliphatic carbocycles. The summed E-state index contributed by atoms with van der Waals surface area (Å²) in [7, 11) is 2.05. The number of thiophene rings is 1. The number of rotatable bonds is 4. The van der Waals surface area contributed by atoms with Crippen molar-refractivity contribution in [3.63, 3.8) is 0 Å². The number of carbonyl (C=O) groups is 1. The fourth-order valence-electron chi connectivity index (χ4n) is 2.71. The van der Waals surface area contributed by atoms with Crippen LogP contribution in [-0.4, -0.2) is 15.5 Å². The van der Waals surface area contributed by atoms with E-state index in [1.165, 1.54) is 24.2 Å². The summed E-state index contributed by atoms with van der Waals surface area (Å²) in [4.78, 5) is 17.7. The molecular formula is C15H19N3OS. The molecule has 0 saturated heterocycles. The summed E-state index contributed by atoms with van der Waals surface area (Å²) in [6.45, 7) is 0.522. The molecule has 20 heavy (non-hydrogen) atoms. The normalized spacial score (nSPS) is 14.1. The van der Waals surface area contributed by atoms with Crippen LogP contribution in [0.4, 0.5) is 0 Å². The lowest BCUT2D eigenvalue weighted by Crippen LogP contribution is -2.25. The molecule has 5 heteroatoms. The molecular weight excluding hydrogens is 270 g/mol. The molecule has 2 aromatic heterocycles. The number of fused-ring (bicyclic) bond motifs is 1. The van der Waals surface area contributed by atoms with Gasteiger partial charge in [-0.1, -0.05) is 6.07 Å². The van der Waals surface area contributed by atoms with Crippen LogP contribution in [0.5, 0.6) is 0 Å². The average Bonchev–Trinajstić information content (AvgIpc) is 3.06. The maximum atomic E-state index is 11.9.